The van der Waals surface area contributed by atoms with Crippen molar-refractivity contribution in [1.82, 2.24) is 16.0 Å². The Bertz CT molecular complexity index is 1840. The van der Waals surface area contributed by atoms with E-state index in [0.717, 1.165) is 22.3 Å². The molecule has 294 valence electrons. The molecule has 0 saturated heterocycles. The van der Waals surface area contributed by atoms with Crippen molar-refractivity contribution in [2.45, 2.75) is 62.8 Å². The lowest BCUT2D eigenvalue weighted by Crippen LogP contribution is -2.47. The maximum Gasteiger partial charge on any atom is 0.408 e. The van der Waals surface area contributed by atoms with Crippen LogP contribution in [0.1, 0.15) is 41.5 Å². The number of thioether (sulfide) groups is 1. The fraction of sp³-hybridized carbons (Fsp3) is 0.318. The summed E-state index contributed by atoms with van der Waals surface area (Å²) in [5.74, 6) is -0.306. The average Bonchev–Trinajstić information content (AvgIpc) is 3.22. The highest BCUT2D eigenvalue weighted by molar-refractivity contribution is 7.98. The van der Waals surface area contributed by atoms with Crippen LogP contribution >= 0.6 is 11.8 Å². The first-order chi connectivity index (χ1) is 27.3. The molecular formula is C44H49N3O8S. The minimum absolute atomic E-state index is 0.0360. The summed E-state index contributed by atoms with van der Waals surface area (Å²) in [6.45, 7) is 0.0609. The van der Waals surface area contributed by atoms with Gasteiger partial charge in [0.2, 0.25) is 11.8 Å². The van der Waals surface area contributed by atoms with Crippen LogP contribution in [-0.2, 0) is 49.2 Å². The number of carbonyl (C=O) groups is 4. The number of alkyl carbamates (subject to hydrolysis) is 1. The molecule has 5 rings (SSSR count). The number of nitrogens with one attached hydrogen (secondary N) is 3. The monoisotopic (exact) mass is 779 g/mol. The van der Waals surface area contributed by atoms with Gasteiger partial charge in [-0.3, -0.25) is 9.59 Å². The summed E-state index contributed by atoms with van der Waals surface area (Å²) in [4.78, 5) is 53.0. The number of rotatable bonds is 16. The number of esters is 1. The van der Waals surface area contributed by atoms with Crippen LogP contribution < -0.4 is 20.7 Å². The van der Waals surface area contributed by atoms with Crippen molar-refractivity contribution in [1.29, 1.82) is 0 Å². The maximum absolute atomic E-state index is 13.7. The summed E-state index contributed by atoms with van der Waals surface area (Å²) in [7, 11) is 0. The first kappa shape index (κ1) is 41.6. The third kappa shape index (κ3) is 14.6. The zero-order valence-electron chi connectivity index (χ0n) is 31.2. The number of allylic oxidation sites excluding steroid dienone is 1. The van der Waals surface area contributed by atoms with E-state index in [1.807, 2.05) is 115 Å². The zero-order valence-corrected chi connectivity index (χ0v) is 32.0. The van der Waals surface area contributed by atoms with Gasteiger partial charge in [-0.2, -0.15) is 11.8 Å². The normalized spacial score (nSPS) is 17.9. The molecule has 4 atom stereocenters. The summed E-state index contributed by atoms with van der Waals surface area (Å²) in [6.07, 6.45) is 3.19. The van der Waals surface area contributed by atoms with E-state index in [1.165, 1.54) is 0 Å². The third-order valence-electron chi connectivity index (χ3n) is 8.99. The van der Waals surface area contributed by atoms with Gasteiger partial charge in [0.1, 0.15) is 31.6 Å². The molecule has 0 fully saturated rings. The zero-order chi connectivity index (χ0) is 39.4. The molecule has 0 aliphatic carbocycles. The summed E-state index contributed by atoms with van der Waals surface area (Å²) >= 11 is 1.57. The number of benzene rings is 4. The first-order valence-electron chi connectivity index (χ1n) is 18.7. The number of aliphatic hydroxyl groups is 1. The molecule has 4 N–H and O–H groups in total. The van der Waals surface area contributed by atoms with Gasteiger partial charge in [-0.15, -0.1) is 0 Å². The first-order valence-corrected chi connectivity index (χ1v) is 19.9. The Hall–Kier alpha value is -5.59. The maximum atomic E-state index is 13.7. The molecule has 0 unspecified atom stereocenters. The highest BCUT2D eigenvalue weighted by Crippen LogP contribution is 2.18. The van der Waals surface area contributed by atoms with Crippen molar-refractivity contribution in [3.63, 3.8) is 0 Å². The van der Waals surface area contributed by atoms with Gasteiger partial charge in [-0.05, 0) is 53.6 Å². The molecule has 0 radical (unpaired) electrons. The van der Waals surface area contributed by atoms with Crippen LogP contribution in [0.4, 0.5) is 4.79 Å². The molecule has 1 aliphatic heterocycles. The van der Waals surface area contributed by atoms with Gasteiger partial charge in [-0.1, -0.05) is 115 Å². The Kier molecular flexibility index (Phi) is 16.9. The second-order valence-corrected chi connectivity index (χ2v) is 14.5. The van der Waals surface area contributed by atoms with Gasteiger partial charge in [0.25, 0.3) is 0 Å². The van der Waals surface area contributed by atoms with E-state index in [2.05, 4.69) is 16.0 Å². The minimum Gasteiger partial charge on any atom is -0.489 e. The van der Waals surface area contributed by atoms with Crippen molar-refractivity contribution >= 4 is 35.6 Å². The highest BCUT2D eigenvalue weighted by atomic mass is 32.2. The van der Waals surface area contributed by atoms with Crippen molar-refractivity contribution < 1.29 is 38.5 Å². The smallest absolute Gasteiger partial charge is 0.408 e. The van der Waals surface area contributed by atoms with Crippen LogP contribution in [0, 0.1) is 5.92 Å². The van der Waals surface area contributed by atoms with Crippen molar-refractivity contribution in [3.05, 3.63) is 150 Å². The Morgan fingerprint density at radius 1 is 0.804 bits per heavy atom. The van der Waals surface area contributed by atoms with E-state index in [-0.39, 0.29) is 50.9 Å². The largest absolute Gasteiger partial charge is 0.489 e. The second kappa shape index (κ2) is 22.7. The topological polar surface area (TPSA) is 152 Å². The van der Waals surface area contributed by atoms with E-state index in [0.29, 0.717) is 30.3 Å². The van der Waals surface area contributed by atoms with Crippen LogP contribution in [0.2, 0.25) is 0 Å². The van der Waals surface area contributed by atoms with Gasteiger partial charge >= 0.3 is 12.1 Å². The SMILES string of the molecule is O=C(C[C@H]1CC=CC[C@@H](NC(=O)OCc2ccccc2)C(=O)OC[C@H](CSCc2ccccc2)NC1=O)N[C@H](CO)Cc1ccc(OCc2ccccc2)cc1. The van der Waals surface area contributed by atoms with Crippen LogP contribution in [0.3, 0.4) is 0 Å². The Balaban J connectivity index is 1.19. The molecule has 4 aromatic rings. The lowest BCUT2D eigenvalue weighted by molar-refractivity contribution is -0.147. The number of carbonyl (C=O) groups excluding carboxylic acids is 4. The number of hydrogen-bond donors (Lipinski definition) is 4. The Morgan fingerprint density at radius 2 is 1.43 bits per heavy atom. The lowest BCUT2D eigenvalue weighted by Gasteiger charge is -2.25. The number of cyclic esters (lactones) is 1. The van der Waals surface area contributed by atoms with Gasteiger partial charge in [0.15, 0.2) is 0 Å². The summed E-state index contributed by atoms with van der Waals surface area (Å²) in [5.41, 5.74) is 3.87. The predicted octanol–water partition coefficient (Wildman–Crippen LogP) is 5.90. The van der Waals surface area contributed by atoms with Gasteiger partial charge in [0, 0.05) is 17.9 Å². The molecule has 0 aromatic heterocycles. The number of hydrogen-bond acceptors (Lipinski definition) is 9. The molecule has 3 amide bonds. The van der Waals surface area contributed by atoms with E-state index < -0.39 is 36.1 Å². The standard InChI is InChI=1S/C44H49N3O8S/c48-26-37(24-32-20-22-39(23-21-32)53-27-33-12-4-1-5-13-33)45-41(49)25-36-18-10-11-19-40(47-44(52)55-28-34-14-6-2-7-15-34)43(51)54-29-38(46-42(36)50)31-56-30-35-16-8-3-9-17-35/h1-17,20-23,36-38,40,48H,18-19,24-31H2,(H,45,49)(H,46,50)(H,47,52)/t36-,37+,38-,40-/m1/s1. The van der Waals surface area contributed by atoms with E-state index in [1.54, 1.807) is 23.9 Å². The summed E-state index contributed by atoms with van der Waals surface area (Å²) in [6, 6.07) is 34.3. The van der Waals surface area contributed by atoms with Gasteiger partial charge < -0.3 is 35.3 Å². The van der Waals surface area contributed by atoms with Crippen molar-refractivity contribution in [3.8, 4) is 5.75 Å². The molecule has 0 spiro atoms. The molecule has 1 heterocycles. The van der Waals surface area contributed by atoms with E-state index in [9.17, 15) is 24.3 Å². The molecule has 56 heavy (non-hydrogen) atoms. The van der Waals surface area contributed by atoms with Crippen molar-refractivity contribution in [2.24, 2.45) is 5.92 Å². The van der Waals surface area contributed by atoms with Crippen molar-refractivity contribution in [2.75, 3.05) is 19.0 Å². The third-order valence-corrected chi connectivity index (χ3v) is 10.2. The van der Waals surface area contributed by atoms with Crippen LogP contribution in [0.5, 0.6) is 5.75 Å². The molecule has 11 nitrogen and oxygen atoms in total. The molecular weight excluding hydrogens is 731 g/mol. The Labute approximate surface area is 332 Å². The second-order valence-electron chi connectivity index (χ2n) is 13.5. The average molecular weight is 780 g/mol. The molecule has 4 aromatic carbocycles. The fourth-order valence-electron chi connectivity index (χ4n) is 5.94. The molecule has 12 heteroatoms. The van der Waals surface area contributed by atoms with Crippen LogP contribution in [-0.4, -0.2) is 66.1 Å². The summed E-state index contributed by atoms with van der Waals surface area (Å²) in [5, 5.41) is 18.7. The highest BCUT2D eigenvalue weighted by Gasteiger charge is 2.28. The predicted molar refractivity (Wildman–Crippen MR) is 215 cm³/mol. The van der Waals surface area contributed by atoms with E-state index >= 15 is 0 Å². The minimum atomic E-state index is -1.03. The van der Waals surface area contributed by atoms with E-state index in [4.69, 9.17) is 14.2 Å². The summed E-state index contributed by atoms with van der Waals surface area (Å²) < 4.78 is 16.9. The molecule has 0 bridgehead atoms. The van der Waals surface area contributed by atoms with Gasteiger partial charge in [-0.25, -0.2) is 9.59 Å². The Morgan fingerprint density at radius 3 is 2.09 bits per heavy atom. The molecule has 0 saturated carbocycles. The van der Waals surface area contributed by atoms with Crippen LogP contribution in [0.15, 0.2) is 127 Å². The fourth-order valence-corrected chi connectivity index (χ4v) is 6.95. The number of aliphatic hydroxyl groups excluding tert-OH is 1. The van der Waals surface area contributed by atoms with Crippen LogP contribution in [0.25, 0.3) is 0 Å². The van der Waals surface area contributed by atoms with Gasteiger partial charge in [0.05, 0.1) is 24.6 Å². The number of ether oxygens (including phenoxy) is 3. The lowest BCUT2D eigenvalue weighted by atomic mass is 9.97. The molecule has 1 aliphatic rings. The quantitative estimate of drug-likeness (QED) is 0.0805. The number of amides is 3.